The summed E-state index contributed by atoms with van der Waals surface area (Å²) < 4.78 is 5.30. The second-order valence-corrected chi connectivity index (χ2v) is 5.59. The lowest BCUT2D eigenvalue weighted by Gasteiger charge is -2.26. The lowest BCUT2D eigenvalue weighted by molar-refractivity contribution is -0.114. The largest absolute Gasteiger partial charge is 0.379 e. The normalized spacial score (nSPS) is 17.8. The highest BCUT2D eigenvalue weighted by molar-refractivity contribution is 6.02. The molecule has 1 saturated heterocycles. The maximum atomic E-state index is 12.1. The van der Waals surface area contributed by atoms with Crippen LogP contribution < -0.4 is 16.0 Å². The molecule has 3 N–H and O–H groups in total. The van der Waals surface area contributed by atoms with Gasteiger partial charge >= 0.3 is 0 Å². The van der Waals surface area contributed by atoms with Crippen molar-refractivity contribution in [2.45, 2.75) is 6.42 Å². The molecule has 2 aliphatic rings. The molecule has 23 heavy (non-hydrogen) atoms. The molecule has 0 spiro atoms. The van der Waals surface area contributed by atoms with Gasteiger partial charge in [-0.15, -0.1) is 0 Å². The number of nitrogens with one attached hydrogen (secondary N) is 3. The molecule has 1 aromatic rings. The predicted octanol–water partition coefficient (Wildman–Crippen LogP) is -0.102. The Bertz CT molecular complexity index is 586. The minimum Gasteiger partial charge on any atom is -0.379 e. The number of nitrogens with zero attached hydrogens (tertiary/aromatic N) is 2. The second kappa shape index (κ2) is 7.38. The standard InChI is InChI=1S/C15H21N5O3/c21-13-10-18-14-12(19-13)8-11(9-17-14)15(22)16-2-1-3-20-4-6-23-7-5-20/h8-9H,1-7,10H2,(H,16,22)(H,17,18)(H,19,21). The molecule has 0 atom stereocenters. The minimum atomic E-state index is -0.179. The summed E-state index contributed by atoms with van der Waals surface area (Å²) in [5.41, 5.74) is 0.987. The van der Waals surface area contributed by atoms with E-state index < -0.39 is 0 Å². The van der Waals surface area contributed by atoms with Gasteiger partial charge in [0.1, 0.15) is 5.82 Å². The number of anilines is 2. The molecule has 2 amide bonds. The molecule has 3 heterocycles. The molecule has 8 heteroatoms. The highest BCUT2D eigenvalue weighted by Crippen LogP contribution is 2.22. The summed E-state index contributed by atoms with van der Waals surface area (Å²) in [4.78, 5) is 30.0. The monoisotopic (exact) mass is 319 g/mol. The van der Waals surface area contributed by atoms with E-state index in [9.17, 15) is 9.59 Å². The third kappa shape index (κ3) is 4.17. The average molecular weight is 319 g/mol. The molecule has 1 aromatic heterocycles. The van der Waals surface area contributed by atoms with Crippen molar-refractivity contribution in [3.63, 3.8) is 0 Å². The molecule has 0 aliphatic carbocycles. The first-order valence-corrected chi connectivity index (χ1v) is 7.84. The first kappa shape index (κ1) is 15.7. The minimum absolute atomic E-state index is 0.137. The SMILES string of the molecule is O=C1CNc2ncc(C(=O)NCCCN3CCOCC3)cc2N1. The molecule has 8 nitrogen and oxygen atoms in total. The van der Waals surface area contributed by atoms with E-state index in [4.69, 9.17) is 4.74 Å². The van der Waals surface area contributed by atoms with Crippen LogP contribution in [0.4, 0.5) is 11.5 Å². The second-order valence-electron chi connectivity index (χ2n) is 5.59. The fourth-order valence-corrected chi connectivity index (χ4v) is 2.61. The van der Waals surface area contributed by atoms with Crippen LogP contribution in [0.3, 0.4) is 0 Å². The predicted molar refractivity (Wildman–Crippen MR) is 85.6 cm³/mol. The van der Waals surface area contributed by atoms with Crippen LogP contribution in [0.5, 0.6) is 0 Å². The van der Waals surface area contributed by atoms with Crippen LogP contribution in [0, 0.1) is 0 Å². The Morgan fingerprint density at radius 3 is 3.04 bits per heavy atom. The Kier molecular flexibility index (Phi) is 5.04. The number of morpholine rings is 1. The fraction of sp³-hybridized carbons (Fsp3) is 0.533. The van der Waals surface area contributed by atoms with E-state index in [1.54, 1.807) is 6.07 Å². The Hall–Kier alpha value is -2.19. The molecule has 124 valence electrons. The van der Waals surface area contributed by atoms with Gasteiger partial charge < -0.3 is 20.7 Å². The van der Waals surface area contributed by atoms with Crippen LogP contribution in [0.15, 0.2) is 12.3 Å². The van der Waals surface area contributed by atoms with Crippen LogP contribution in [0.2, 0.25) is 0 Å². The van der Waals surface area contributed by atoms with Crippen molar-refractivity contribution in [2.24, 2.45) is 0 Å². The van der Waals surface area contributed by atoms with Gasteiger partial charge in [-0.25, -0.2) is 4.98 Å². The lowest BCUT2D eigenvalue weighted by Crippen LogP contribution is -2.38. The zero-order chi connectivity index (χ0) is 16.1. The molecule has 0 bridgehead atoms. The molecule has 0 saturated carbocycles. The maximum Gasteiger partial charge on any atom is 0.252 e. The van der Waals surface area contributed by atoms with Gasteiger partial charge in [0.2, 0.25) is 5.91 Å². The first-order valence-electron chi connectivity index (χ1n) is 7.84. The molecule has 1 fully saturated rings. The van der Waals surface area contributed by atoms with Crippen LogP contribution in [-0.2, 0) is 9.53 Å². The molecule has 2 aliphatic heterocycles. The van der Waals surface area contributed by atoms with E-state index >= 15 is 0 Å². The number of aromatic nitrogens is 1. The molecular formula is C15H21N5O3. The third-order valence-electron chi connectivity index (χ3n) is 3.88. The highest BCUT2D eigenvalue weighted by Gasteiger charge is 2.17. The summed E-state index contributed by atoms with van der Waals surface area (Å²) in [6.07, 6.45) is 2.41. The van der Waals surface area contributed by atoms with E-state index in [0.29, 0.717) is 23.6 Å². The number of pyridine rings is 1. The number of hydrogen-bond acceptors (Lipinski definition) is 6. The Morgan fingerprint density at radius 2 is 2.22 bits per heavy atom. The van der Waals surface area contributed by atoms with Crippen molar-refractivity contribution in [3.8, 4) is 0 Å². The fourth-order valence-electron chi connectivity index (χ4n) is 2.61. The van der Waals surface area contributed by atoms with Gasteiger partial charge in [-0.2, -0.15) is 0 Å². The number of fused-ring (bicyclic) bond motifs is 1. The average Bonchev–Trinajstić information content (AvgIpc) is 2.58. The van der Waals surface area contributed by atoms with Crippen LogP contribution in [0.1, 0.15) is 16.8 Å². The van der Waals surface area contributed by atoms with E-state index in [0.717, 1.165) is 39.3 Å². The third-order valence-corrected chi connectivity index (χ3v) is 3.88. The first-order chi connectivity index (χ1) is 11.2. The van der Waals surface area contributed by atoms with Gasteiger partial charge in [0.05, 0.1) is 31.0 Å². The van der Waals surface area contributed by atoms with E-state index in [2.05, 4.69) is 25.8 Å². The Balaban J connectivity index is 1.46. The van der Waals surface area contributed by atoms with Gasteiger partial charge in [0.25, 0.3) is 5.91 Å². The van der Waals surface area contributed by atoms with Crippen molar-refractivity contribution in [2.75, 3.05) is 56.6 Å². The summed E-state index contributed by atoms with van der Waals surface area (Å²) in [5.74, 6) is 0.276. The van der Waals surface area contributed by atoms with Crippen molar-refractivity contribution < 1.29 is 14.3 Å². The smallest absolute Gasteiger partial charge is 0.252 e. The van der Waals surface area contributed by atoms with Crippen LogP contribution in [0.25, 0.3) is 0 Å². The summed E-state index contributed by atoms with van der Waals surface area (Å²) >= 11 is 0. The number of hydrogen-bond donors (Lipinski definition) is 3. The zero-order valence-electron chi connectivity index (χ0n) is 12.9. The van der Waals surface area contributed by atoms with Gasteiger partial charge in [0.15, 0.2) is 0 Å². The van der Waals surface area contributed by atoms with E-state index in [-0.39, 0.29) is 18.4 Å². The summed E-state index contributed by atoms with van der Waals surface area (Å²) in [6.45, 7) is 5.24. The van der Waals surface area contributed by atoms with Crippen LogP contribution in [-0.4, -0.2) is 67.6 Å². The van der Waals surface area contributed by atoms with Crippen LogP contribution >= 0.6 is 0 Å². The molecular weight excluding hydrogens is 298 g/mol. The van der Waals surface area contributed by atoms with Gasteiger partial charge in [-0.1, -0.05) is 0 Å². The molecule has 0 unspecified atom stereocenters. The number of carbonyl (C=O) groups is 2. The quantitative estimate of drug-likeness (QED) is 0.656. The summed E-state index contributed by atoms with van der Waals surface area (Å²) in [5, 5.41) is 8.49. The number of rotatable bonds is 5. The van der Waals surface area contributed by atoms with Gasteiger partial charge in [-0.05, 0) is 19.0 Å². The maximum absolute atomic E-state index is 12.1. The summed E-state index contributed by atoms with van der Waals surface area (Å²) in [6, 6.07) is 1.64. The van der Waals surface area contributed by atoms with Crippen molar-refractivity contribution in [1.82, 2.24) is 15.2 Å². The Morgan fingerprint density at radius 1 is 1.39 bits per heavy atom. The van der Waals surface area contributed by atoms with Gasteiger partial charge in [0, 0.05) is 25.8 Å². The topological polar surface area (TPSA) is 95.6 Å². The van der Waals surface area contributed by atoms with E-state index in [1.165, 1.54) is 6.20 Å². The lowest BCUT2D eigenvalue weighted by atomic mass is 10.2. The number of ether oxygens (including phenoxy) is 1. The van der Waals surface area contributed by atoms with Gasteiger partial charge in [-0.3, -0.25) is 14.5 Å². The zero-order valence-corrected chi connectivity index (χ0v) is 12.9. The molecule has 3 rings (SSSR count). The summed E-state index contributed by atoms with van der Waals surface area (Å²) in [7, 11) is 0. The highest BCUT2D eigenvalue weighted by atomic mass is 16.5. The molecule has 0 aromatic carbocycles. The van der Waals surface area contributed by atoms with Crippen molar-refractivity contribution >= 4 is 23.3 Å². The van der Waals surface area contributed by atoms with E-state index in [1.807, 2.05) is 0 Å². The molecule has 0 radical (unpaired) electrons. The number of amides is 2. The number of carbonyl (C=O) groups excluding carboxylic acids is 2. The van der Waals surface area contributed by atoms with Crippen molar-refractivity contribution in [3.05, 3.63) is 17.8 Å². The Labute approximate surface area is 134 Å². The van der Waals surface area contributed by atoms with Crippen molar-refractivity contribution in [1.29, 1.82) is 0 Å².